The number of nitrogens with zero attached hydrogens (tertiary/aromatic N) is 2. The molecule has 0 fully saturated rings. The Kier molecular flexibility index (Phi) is 3.98. The molecular weight excluding hydrogens is 317 g/mol. The maximum Gasteiger partial charge on any atom is 0.295 e. The summed E-state index contributed by atoms with van der Waals surface area (Å²) in [5.74, 6) is 0. The van der Waals surface area contributed by atoms with Crippen LogP contribution in [-0.2, 0) is 0 Å². The summed E-state index contributed by atoms with van der Waals surface area (Å²) in [6.45, 7) is 1.60. The van der Waals surface area contributed by atoms with Crippen molar-refractivity contribution in [2.24, 2.45) is 0 Å². The monoisotopic (exact) mass is 323 g/mol. The SMILES string of the molecule is Cc1cc(-c2cc(Cl)cc(Cl)c2[N+](=O)[O-])c(C#N)c(=O)[nH]1. The molecule has 0 spiro atoms. The second kappa shape index (κ2) is 5.56. The van der Waals surface area contributed by atoms with Gasteiger partial charge >= 0.3 is 0 Å². The highest BCUT2D eigenvalue weighted by Gasteiger charge is 2.24. The van der Waals surface area contributed by atoms with Crippen LogP contribution in [0.2, 0.25) is 10.0 Å². The number of nitriles is 1. The van der Waals surface area contributed by atoms with Crippen LogP contribution in [-0.4, -0.2) is 9.91 Å². The molecular formula is C13H7Cl2N3O3. The third kappa shape index (κ3) is 2.75. The van der Waals surface area contributed by atoms with E-state index in [1.807, 2.05) is 0 Å². The summed E-state index contributed by atoms with van der Waals surface area (Å²) in [4.78, 5) is 24.8. The van der Waals surface area contributed by atoms with Gasteiger partial charge in [-0.3, -0.25) is 14.9 Å². The number of H-pyrrole nitrogens is 1. The predicted molar refractivity (Wildman–Crippen MR) is 78.6 cm³/mol. The lowest BCUT2D eigenvalue weighted by atomic mass is 9.99. The fraction of sp³-hybridized carbons (Fsp3) is 0.0769. The molecule has 8 heteroatoms. The molecule has 0 unspecified atom stereocenters. The topological polar surface area (TPSA) is 99.8 Å². The number of aromatic nitrogens is 1. The Morgan fingerprint density at radius 3 is 2.52 bits per heavy atom. The van der Waals surface area contributed by atoms with Crippen LogP contribution in [0.15, 0.2) is 23.0 Å². The molecule has 1 N–H and O–H groups in total. The average Bonchev–Trinajstić information content (AvgIpc) is 2.36. The Bertz CT molecular complexity index is 853. The number of aryl methyl sites for hydroxylation is 1. The van der Waals surface area contributed by atoms with Crippen molar-refractivity contribution in [1.82, 2.24) is 4.98 Å². The van der Waals surface area contributed by atoms with Crippen LogP contribution in [0.4, 0.5) is 5.69 Å². The molecule has 6 nitrogen and oxygen atoms in total. The second-order valence-corrected chi connectivity index (χ2v) is 5.07. The van der Waals surface area contributed by atoms with E-state index in [1.54, 1.807) is 13.0 Å². The predicted octanol–water partition coefficient (Wildman–Crippen LogP) is 3.44. The minimum Gasteiger partial charge on any atom is -0.325 e. The van der Waals surface area contributed by atoms with E-state index in [-0.39, 0.29) is 26.7 Å². The Hall–Kier alpha value is -2.36. The van der Waals surface area contributed by atoms with Gasteiger partial charge in [-0.15, -0.1) is 0 Å². The van der Waals surface area contributed by atoms with Crippen LogP contribution in [0.1, 0.15) is 11.3 Å². The smallest absolute Gasteiger partial charge is 0.295 e. The highest BCUT2D eigenvalue weighted by molar-refractivity contribution is 6.36. The van der Waals surface area contributed by atoms with Crippen molar-refractivity contribution >= 4 is 28.9 Å². The van der Waals surface area contributed by atoms with Gasteiger partial charge in [-0.1, -0.05) is 23.2 Å². The van der Waals surface area contributed by atoms with Crippen LogP contribution in [0.25, 0.3) is 11.1 Å². The average molecular weight is 324 g/mol. The van der Waals surface area contributed by atoms with Crippen molar-refractivity contribution in [2.75, 3.05) is 0 Å². The Morgan fingerprint density at radius 1 is 1.29 bits per heavy atom. The molecule has 0 atom stereocenters. The van der Waals surface area contributed by atoms with Crippen LogP contribution < -0.4 is 5.56 Å². The molecule has 1 aromatic heterocycles. The van der Waals surface area contributed by atoms with Gasteiger partial charge < -0.3 is 4.98 Å². The summed E-state index contributed by atoms with van der Waals surface area (Å²) in [6.07, 6.45) is 0. The van der Waals surface area contributed by atoms with E-state index in [0.29, 0.717) is 5.69 Å². The standard InChI is InChI=1S/C13H7Cl2N3O3/c1-6-2-8(10(5-16)13(19)17-6)9-3-7(14)4-11(15)12(9)18(20)21/h2-4H,1H3,(H,17,19). The van der Waals surface area contributed by atoms with Gasteiger partial charge in [0.05, 0.1) is 10.5 Å². The number of hydrogen-bond acceptors (Lipinski definition) is 4. The molecule has 0 aliphatic heterocycles. The summed E-state index contributed by atoms with van der Waals surface area (Å²) >= 11 is 11.7. The van der Waals surface area contributed by atoms with E-state index in [0.717, 1.165) is 0 Å². The van der Waals surface area contributed by atoms with Crippen molar-refractivity contribution in [2.45, 2.75) is 6.92 Å². The number of nitrogens with one attached hydrogen (secondary N) is 1. The molecule has 0 aliphatic rings. The maximum absolute atomic E-state index is 11.8. The Balaban J connectivity index is 2.95. The number of pyridine rings is 1. The van der Waals surface area contributed by atoms with Crippen LogP contribution >= 0.6 is 23.2 Å². The molecule has 0 bridgehead atoms. The van der Waals surface area contributed by atoms with Crippen molar-refractivity contribution in [1.29, 1.82) is 5.26 Å². The largest absolute Gasteiger partial charge is 0.325 e. The van der Waals surface area contributed by atoms with E-state index in [9.17, 15) is 14.9 Å². The Labute approximate surface area is 128 Å². The van der Waals surface area contributed by atoms with Gasteiger partial charge in [-0.25, -0.2) is 0 Å². The van der Waals surface area contributed by atoms with Gasteiger partial charge in [0, 0.05) is 16.3 Å². The van der Waals surface area contributed by atoms with Crippen LogP contribution in [0.5, 0.6) is 0 Å². The molecule has 0 saturated heterocycles. The first kappa shape index (κ1) is 15.0. The van der Waals surface area contributed by atoms with E-state index in [4.69, 9.17) is 28.5 Å². The van der Waals surface area contributed by atoms with E-state index in [2.05, 4.69) is 4.98 Å². The molecule has 2 aromatic rings. The van der Waals surface area contributed by atoms with Gasteiger partial charge in [0.15, 0.2) is 0 Å². The number of halogens is 2. The molecule has 2 rings (SSSR count). The van der Waals surface area contributed by atoms with Gasteiger partial charge in [0.1, 0.15) is 16.7 Å². The first-order chi connectivity index (χ1) is 9.85. The molecule has 0 amide bonds. The number of rotatable bonds is 2. The first-order valence-corrected chi connectivity index (χ1v) is 6.38. The molecule has 0 radical (unpaired) electrons. The molecule has 0 saturated carbocycles. The quantitative estimate of drug-likeness (QED) is 0.675. The lowest BCUT2D eigenvalue weighted by Gasteiger charge is -2.08. The zero-order chi connectivity index (χ0) is 15.7. The summed E-state index contributed by atoms with van der Waals surface area (Å²) in [5, 5.41) is 20.3. The van der Waals surface area contributed by atoms with Crippen molar-refractivity contribution in [3.8, 4) is 17.2 Å². The maximum atomic E-state index is 11.8. The van der Waals surface area contributed by atoms with Gasteiger partial charge in [-0.2, -0.15) is 5.26 Å². The lowest BCUT2D eigenvalue weighted by molar-refractivity contribution is -0.384. The number of aromatic amines is 1. The van der Waals surface area contributed by atoms with Crippen molar-refractivity contribution < 1.29 is 4.92 Å². The lowest BCUT2D eigenvalue weighted by Crippen LogP contribution is -2.13. The summed E-state index contributed by atoms with van der Waals surface area (Å²) in [6, 6.07) is 5.75. The fourth-order valence-electron chi connectivity index (χ4n) is 1.97. The van der Waals surface area contributed by atoms with E-state index in [1.165, 1.54) is 18.2 Å². The number of nitro groups is 1. The van der Waals surface area contributed by atoms with Crippen LogP contribution in [0.3, 0.4) is 0 Å². The van der Waals surface area contributed by atoms with E-state index >= 15 is 0 Å². The number of hydrogen-bond donors (Lipinski definition) is 1. The molecule has 1 aromatic carbocycles. The van der Waals surface area contributed by atoms with Crippen molar-refractivity contribution in [3.63, 3.8) is 0 Å². The first-order valence-electron chi connectivity index (χ1n) is 5.63. The van der Waals surface area contributed by atoms with E-state index < -0.39 is 16.2 Å². The number of nitro benzene ring substituents is 1. The van der Waals surface area contributed by atoms with Gasteiger partial charge in [0.25, 0.3) is 11.2 Å². The normalized spacial score (nSPS) is 10.2. The third-order valence-electron chi connectivity index (χ3n) is 2.78. The molecule has 106 valence electrons. The second-order valence-electron chi connectivity index (χ2n) is 4.22. The Morgan fingerprint density at radius 2 is 1.95 bits per heavy atom. The number of benzene rings is 1. The summed E-state index contributed by atoms with van der Waals surface area (Å²) < 4.78 is 0. The third-order valence-corrected chi connectivity index (χ3v) is 3.29. The summed E-state index contributed by atoms with van der Waals surface area (Å²) in [7, 11) is 0. The molecule has 1 heterocycles. The highest BCUT2D eigenvalue weighted by atomic mass is 35.5. The zero-order valence-electron chi connectivity index (χ0n) is 10.6. The fourth-order valence-corrected chi connectivity index (χ4v) is 2.53. The van der Waals surface area contributed by atoms with Gasteiger partial charge in [-0.05, 0) is 25.1 Å². The highest BCUT2D eigenvalue weighted by Crippen LogP contribution is 2.39. The molecule has 0 aliphatic carbocycles. The zero-order valence-corrected chi connectivity index (χ0v) is 12.1. The minimum absolute atomic E-state index is 0.0308. The van der Waals surface area contributed by atoms with Crippen molar-refractivity contribution in [3.05, 3.63) is 60.0 Å². The van der Waals surface area contributed by atoms with Crippen LogP contribution in [0, 0.1) is 28.4 Å². The molecule has 21 heavy (non-hydrogen) atoms. The van der Waals surface area contributed by atoms with Gasteiger partial charge in [0.2, 0.25) is 0 Å². The minimum atomic E-state index is -0.675. The summed E-state index contributed by atoms with van der Waals surface area (Å²) in [5.41, 5.74) is -0.653.